The Balaban J connectivity index is 0. The van der Waals surface area contributed by atoms with Crippen LogP contribution in [0.5, 0.6) is 0 Å². The number of esters is 1. The van der Waals surface area contributed by atoms with Crippen molar-refractivity contribution in [2.75, 3.05) is 54.1 Å². The fraction of sp³-hybridized carbons (Fsp3) is 0.950. The molecule has 0 heterocycles. The molecule has 294 valence electrons. The molecule has 1 N–H and O–H groups in total. The summed E-state index contributed by atoms with van der Waals surface area (Å²) in [5.41, 5.74) is 0. The molecule has 8 nitrogen and oxygen atoms in total. The summed E-state index contributed by atoms with van der Waals surface area (Å²) in [6.45, 7) is 5.16. The van der Waals surface area contributed by atoms with E-state index in [9.17, 15) is 9.59 Å². The summed E-state index contributed by atoms with van der Waals surface area (Å²) in [6, 6.07) is 0. The second-order valence-corrected chi connectivity index (χ2v) is 15.7. The molecule has 2 atom stereocenters. The number of ether oxygens (including phenoxy) is 2. The van der Waals surface area contributed by atoms with Gasteiger partial charge in [-0.2, -0.15) is 0 Å². The van der Waals surface area contributed by atoms with Gasteiger partial charge in [0.15, 0.2) is 9.03 Å². The van der Waals surface area contributed by atoms with Gasteiger partial charge in [0.2, 0.25) is 0 Å². The third-order valence-electron chi connectivity index (χ3n) is 8.99. The van der Waals surface area contributed by atoms with Gasteiger partial charge in [0.1, 0.15) is 32.1 Å². The molecule has 0 spiro atoms. The Morgan fingerprint density at radius 2 is 1.04 bits per heavy atom. The maximum Gasteiger partial charge on any atom is 0.305 e. The van der Waals surface area contributed by atoms with Gasteiger partial charge in [-0.1, -0.05) is 155 Å². The van der Waals surface area contributed by atoms with Gasteiger partial charge in [0.05, 0.1) is 27.7 Å². The monoisotopic (exact) mass is 720 g/mol. The van der Waals surface area contributed by atoms with Crippen molar-refractivity contribution >= 4 is 21.3 Å². The first kappa shape index (κ1) is 50.5. The Hall–Kier alpha value is -0.630. The molecule has 0 aliphatic rings. The maximum absolute atomic E-state index is 12.4. The quantitative estimate of drug-likeness (QED) is 0.0204. The topological polar surface area (TPSA) is 101 Å². The van der Waals surface area contributed by atoms with E-state index in [-0.39, 0.29) is 33.2 Å². The van der Waals surface area contributed by atoms with Gasteiger partial charge in [-0.3, -0.25) is 4.79 Å². The highest BCUT2D eigenvalue weighted by atomic mass is 31.1. The number of unbranched alkanes of at least 4 members (excludes halogenated alkanes) is 25. The summed E-state index contributed by atoms with van der Waals surface area (Å²) in [5.74, 6) is -0.122. The molecule has 0 aromatic carbocycles. The molecule has 0 aromatic rings. The van der Waals surface area contributed by atoms with Crippen molar-refractivity contribution in [3.8, 4) is 0 Å². The molecule has 0 saturated carbocycles. The molecule has 0 aliphatic carbocycles. The van der Waals surface area contributed by atoms with E-state index >= 15 is 0 Å². The van der Waals surface area contributed by atoms with Crippen molar-refractivity contribution in [1.29, 1.82) is 0 Å². The van der Waals surface area contributed by atoms with E-state index in [4.69, 9.17) is 18.5 Å². The van der Waals surface area contributed by atoms with E-state index in [0.29, 0.717) is 26.2 Å². The number of nitrogens with zero attached hydrogens (tertiary/aromatic N) is 1. The number of hydrogen-bond acceptors (Lipinski definition) is 7. The Labute approximate surface area is 305 Å². The Morgan fingerprint density at radius 1 is 0.592 bits per heavy atom. The standard InChI is InChI=1S/C40H81NO6P.H2O/c1-5-6-7-8-9-10-11-14-17-20-23-26-29-32-40(43)45-37-39(38-47-48-46-36-33-41(2,3)4)44-35-31-28-25-22-19-16-13-12-15-18-21-24-27-30-34-42;/h34,39,48H,5-33,35-38H2,1-4H3;1H2/q+1;/p-1. The fourth-order valence-electron chi connectivity index (χ4n) is 5.74. The molecule has 9 heteroatoms. The van der Waals surface area contributed by atoms with Crippen molar-refractivity contribution in [2.24, 2.45) is 0 Å². The SMILES string of the molecule is CCCCCCCCCCCCCCCC(=O)OCC(COPOCC[N+](C)(C)C)OCCCCCCCCCCCCCCCC=O.[OH-]. The smallest absolute Gasteiger partial charge is 0.305 e. The van der Waals surface area contributed by atoms with E-state index in [2.05, 4.69) is 28.1 Å². The van der Waals surface area contributed by atoms with E-state index < -0.39 is 0 Å². The Morgan fingerprint density at radius 3 is 1.51 bits per heavy atom. The van der Waals surface area contributed by atoms with Crippen LogP contribution in [0.2, 0.25) is 0 Å². The average molecular weight is 720 g/mol. The maximum atomic E-state index is 12.4. The Bertz CT molecular complexity index is 678. The number of hydrogen-bond donors (Lipinski definition) is 0. The number of carbonyl (C=O) groups is 2. The molecular weight excluding hydrogens is 637 g/mol. The first-order valence-corrected chi connectivity index (χ1v) is 21.2. The number of aldehydes is 1. The summed E-state index contributed by atoms with van der Waals surface area (Å²) in [4.78, 5) is 22.8. The van der Waals surface area contributed by atoms with Crippen LogP contribution in [0.25, 0.3) is 0 Å². The summed E-state index contributed by atoms with van der Waals surface area (Å²) in [5, 5.41) is 0. The van der Waals surface area contributed by atoms with Crippen LogP contribution in [0.15, 0.2) is 0 Å². The number of carbonyl (C=O) groups excluding carboxylic acids is 2. The van der Waals surface area contributed by atoms with E-state index in [1.54, 1.807) is 0 Å². The van der Waals surface area contributed by atoms with Crippen LogP contribution in [0, 0.1) is 0 Å². The van der Waals surface area contributed by atoms with Crippen LogP contribution in [-0.4, -0.2) is 82.4 Å². The van der Waals surface area contributed by atoms with Crippen molar-refractivity contribution in [1.82, 2.24) is 0 Å². The minimum absolute atomic E-state index is 0. The van der Waals surface area contributed by atoms with Gasteiger partial charge in [-0.25, -0.2) is 0 Å². The Kier molecular flexibility index (Phi) is 41.4. The largest absolute Gasteiger partial charge is 0.870 e. The van der Waals surface area contributed by atoms with Crippen LogP contribution >= 0.6 is 9.03 Å². The molecule has 0 rings (SSSR count). The van der Waals surface area contributed by atoms with Crippen LogP contribution in [0.4, 0.5) is 0 Å². The predicted octanol–water partition coefficient (Wildman–Crippen LogP) is 11.1. The highest BCUT2D eigenvalue weighted by Crippen LogP contribution is 2.17. The predicted molar refractivity (Wildman–Crippen MR) is 207 cm³/mol. The third kappa shape index (κ3) is 43.5. The molecule has 49 heavy (non-hydrogen) atoms. The molecule has 0 saturated heterocycles. The van der Waals surface area contributed by atoms with Crippen molar-refractivity contribution in [3.63, 3.8) is 0 Å². The van der Waals surface area contributed by atoms with Gasteiger partial charge in [-0.05, 0) is 19.3 Å². The fourth-order valence-corrected chi connectivity index (χ4v) is 6.26. The lowest BCUT2D eigenvalue weighted by Gasteiger charge is -2.23. The zero-order valence-corrected chi connectivity index (χ0v) is 33.8. The van der Waals surface area contributed by atoms with E-state index in [1.807, 2.05) is 0 Å². The van der Waals surface area contributed by atoms with Crippen molar-refractivity contribution in [2.45, 2.75) is 193 Å². The summed E-state index contributed by atoms with van der Waals surface area (Å²) >= 11 is 0. The molecular formula is C40H82NO7P. The van der Waals surface area contributed by atoms with Crippen LogP contribution < -0.4 is 0 Å². The number of quaternary nitrogens is 1. The molecule has 0 amide bonds. The van der Waals surface area contributed by atoms with Crippen LogP contribution in [0.3, 0.4) is 0 Å². The van der Waals surface area contributed by atoms with Crippen molar-refractivity contribution < 1.29 is 38.1 Å². The highest BCUT2D eigenvalue weighted by Gasteiger charge is 2.14. The van der Waals surface area contributed by atoms with E-state index in [0.717, 1.165) is 49.4 Å². The second-order valence-electron chi connectivity index (χ2n) is 15.0. The van der Waals surface area contributed by atoms with Crippen molar-refractivity contribution in [3.05, 3.63) is 0 Å². The molecule has 0 bridgehead atoms. The first-order valence-electron chi connectivity index (χ1n) is 20.4. The molecule has 0 aromatic heterocycles. The summed E-state index contributed by atoms with van der Waals surface area (Å²) in [7, 11) is 6.41. The van der Waals surface area contributed by atoms with Gasteiger partial charge in [0.25, 0.3) is 0 Å². The minimum atomic E-state index is -0.250. The zero-order chi connectivity index (χ0) is 35.2. The van der Waals surface area contributed by atoms with E-state index in [1.165, 1.54) is 141 Å². The van der Waals surface area contributed by atoms with Gasteiger partial charge in [-0.15, -0.1) is 0 Å². The molecule has 0 fully saturated rings. The van der Waals surface area contributed by atoms with Gasteiger partial charge < -0.3 is 33.3 Å². The first-order chi connectivity index (χ1) is 23.4. The summed E-state index contributed by atoms with van der Waals surface area (Å²) < 4.78 is 24.0. The number of likely N-dealkylation sites (N-methyl/N-ethyl adjacent to an activating group) is 1. The lowest BCUT2D eigenvalue weighted by atomic mass is 10.0. The molecule has 0 radical (unpaired) electrons. The van der Waals surface area contributed by atoms with Gasteiger partial charge >= 0.3 is 5.97 Å². The second kappa shape index (κ2) is 40.1. The third-order valence-corrected chi connectivity index (χ3v) is 9.59. The number of rotatable bonds is 40. The summed E-state index contributed by atoms with van der Waals surface area (Å²) in [6.07, 6.45) is 35.1. The van der Waals surface area contributed by atoms with Crippen LogP contribution in [0.1, 0.15) is 187 Å². The average Bonchev–Trinajstić information content (AvgIpc) is 3.06. The normalized spacial score (nSPS) is 12.4. The van der Waals surface area contributed by atoms with Crippen LogP contribution in [-0.2, 0) is 28.1 Å². The minimum Gasteiger partial charge on any atom is -0.870 e. The lowest BCUT2D eigenvalue weighted by molar-refractivity contribution is -0.870. The molecule has 2 unspecified atom stereocenters. The van der Waals surface area contributed by atoms with Gasteiger partial charge in [0, 0.05) is 19.4 Å². The molecule has 0 aliphatic heterocycles. The lowest BCUT2D eigenvalue weighted by Crippen LogP contribution is -2.37. The highest BCUT2D eigenvalue weighted by molar-refractivity contribution is 7.26. The zero-order valence-electron chi connectivity index (χ0n) is 32.8.